The summed E-state index contributed by atoms with van der Waals surface area (Å²) in [7, 11) is 0. The summed E-state index contributed by atoms with van der Waals surface area (Å²) in [5, 5.41) is 1.69. The van der Waals surface area contributed by atoms with Gasteiger partial charge in [-0.25, -0.2) is 5.06 Å². The highest BCUT2D eigenvalue weighted by molar-refractivity contribution is 5.42. The van der Waals surface area contributed by atoms with Crippen molar-refractivity contribution >= 4 is 11.4 Å². The van der Waals surface area contributed by atoms with Gasteiger partial charge in [0, 0.05) is 17.6 Å². The number of allylic oxidation sites excluding steroid dienone is 2. The first kappa shape index (κ1) is 13.9. The Morgan fingerprint density at radius 1 is 0.818 bits per heavy atom. The van der Waals surface area contributed by atoms with E-state index in [0.717, 1.165) is 11.5 Å². The molecule has 0 aromatic heterocycles. The van der Waals surface area contributed by atoms with E-state index in [1.54, 1.807) is 29.3 Å². The second kappa shape index (κ2) is 6.13. The van der Waals surface area contributed by atoms with E-state index in [4.69, 9.17) is 21.0 Å². The van der Waals surface area contributed by atoms with Crippen molar-refractivity contribution < 1.29 is 9.57 Å². The third-order valence-electron chi connectivity index (χ3n) is 3.08. The number of hydroxylamine groups is 2. The molecule has 0 saturated heterocycles. The van der Waals surface area contributed by atoms with E-state index in [9.17, 15) is 0 Å². The van der Waals surface area contributed by atoms with Gasteiger partial charge in [-0.15, -0.1) is 0 Å². The second-order valence-corrected chi connectivity index (χ2v) is 4.88. The molecule has 0 aliphatic carbocycles. The zero-order chi connectivity index (χ0) is 15.4. The van der Waals surface area contributed by atoms with Crippen LogP contribution in [0.15, 0.2) is 72.6 Å². The van der Waals surface area contributed by atoms with Crippen LogP contribution in [0, 0.1) is 0 Å². The molecular formula is C17H17N3O2. The van der Waals surface area contributed by atoms with Crippen molar-refractivity contribution in [2.75, 3.05) is 18.0 Å². The fraction of sp³-hybridized carbons (Fsp3) is 0.0588. The van der Waals surface area contributed by atoms with Crippen molar-refractivity contribution in [2.24, 2.45) is 0 Å². The Bertz CT molecular complexity index is 691. The minimum Gasteiger partial charge on any atom is -0.460 e. The topological polar surface area (TPSA) is 73.7 Å². The molecule has 0 saturated carbocycles. The molecule has 0 spiro atoms. The van der Waals surface area contributed by atoms with Crippen LogP contribution in [0.4, 0.5) is 11.4 Å². The first-order valence-corrected chi connectivity index (χ1v) is 6.90. The standard InChI is InChI=1S/C17H17N3O2/c18-13-3-7-15(8-4-13)21-17-2-1-11-20(12-17)22-16-9-5-14(19)6-10-16/h1-11H,12,18-19H2. The van der Waals surface area contributed by atoms with E-state index in [-0.39, 0.29) is 0 Å². The van der Waals surface area contributed by atoms with Gasteiger partial charge in [0.2, 0.25) is 0 Å². The number of hydrogen-bond acceptors (Lipinski definition) is 5. The summed E-state index contributed by atoms with van der Waals surface area (Å²) in [6, 6.07) is 14.5. The number of benzene rings is 2. The minimum atomic E-state index is 0.505. The third kappa shape index (κ3) is 3.52. The highest BCUT2D eigenvalue weighted by Gasteiger charge is 2.11. The third-order valence-corrected chi connectivity index (χ3v) is 3.08. The average molecular weight is 295 g/mol. The van der Waals surface area contributed by atoms with Gasteiger partial charge in [0.25, 0.3) is 0 Å². The maximum atomic E-state index is 5.81. The number of anilines is 2. The van der Waals surface area contributed by atoms with E-state index in [0.29, 0.717) is 23.7 Å². The zero-order valence-corrected chi connectivity index (χ0v) is 12.0. The average Bonchev–Trinajstić information content (AvgIpc) is 2.52. The summed E-state index contributed by atoms with van der Waals surface area (Å²) in [4.78, 5) is 5.75. The molecule has 0 fully saturated rings. The molecule has 0 bridgehead atoms. The Labute approximate surface area is 129 Å². The lowest BCUT2D eigenvalue weighted by atomic mass is 10.3. The maximum absolute atomic E-state index is 5.81. The summed E-state index contributed by atoms with van der Waals surface area (Å²) in [6.07, 6.45) is 5.61. The van der Waals surface area contributed by atoms with E-state index >= 15 is 0 Å². The molecule has 5 nitrogen and oxygen atoms in total. The molecule has 112 valence electrons. The summed E-state index contributed by atoms with van der Waals surface area (Å²) in [5.41, 5.74) is 12.7. The van der Waals surface area contributed by atoms with Crippen LogP contribution in [0.5, 0.6) is 11.5 Å². The fourth-order valence-electron chi connectivity index (χ4n) is 1.99. The van der Waals surface area contributed by atoms with Crippen molar-refractivity contribution in [1.82, 2.24) is 5.06 Å². The monoisotopic (exact) mass is 295 g/mol. The zero-order valence-electron chi connectivity index (χ0n) is 12.0. The summed E-state index contributed by atoms with van der Waals surface area (Å²) in [6.45, 7) is 0.505. The predicted octanol–water partition coefficient (Wildman–Crippen LogP) is 2.94. The molecule has 5 heteroatoms. The number of nitrogens with two attached hydrogens (primary N) is 2. The number of rotatable bonds is 4. The second-order valence-electron chi connectivity index (χ2n) is 4.88. The van der Waals surface area contributed by atoms with Crippen molar-refractivity contribution in [3.8, 4) is 11.5 Å². The molecule has 3 rings (SSSR count). The van der Waals surface area contributed by atoms with Gasteiger partial charge in [0.15, 0.2) is 5.75 Å². The lowest BCUT2D eigenvalue weighted by Crippen LogP contribution is -2.27. The highest BCUT2D eigenvalue weighted by Crippen LogP contribution is 2.20. The Kier molecular flexibility index (Phi) is 3.87. The van der Waals surface area contributed by atoms with Gasteiger partial charge in [0.05, 0.1) is 0 Å². The Hall–Kier alpha value is -3.08. The van der Waals surface area contributed by atoms with Crippen LogP contribution in [-0.4, -0.2) is 11.6 Å². The van der Waals surface area contributed by atoms with Crippen LogP contribution >= 0.6 is 0 Å². The van der Waals surface area contributed by atoms with Crippen molar-refractivity contribution in [3.05, 3.63) is 72.6 Å². The lowest BCUT2D eigenvalue weighted by molar-refractivity contribution is -0.00673. The first-order chi connectivity index (χ1) is 10.7. The van der Waals surface area contributed by atoms with E-state index in [2.05, 4.69) is 0 Å². The van der Waals surface area contributed by atoms with Crippen LogP contribution in [0.25, 0.3) is 0 Å². The van der Waals surface area contributed by atoms with Gasteiger partial charge >= 0.3 is 0 Å². The molecule has 4 N–H and O–H groups in total. The fourth-order valence-corrected chi connectivity index (χ4v) is 1.99. The number of ether oxygens (including phenoxy) is 1. The molecule has 0 radical (unpaired) electrons. The molecule has 0 atom stereocenters. The van der Waals surface area contributed by atoms with Crippen molar-refractivity contribution in [2.45, 2.75) is 0 Å². The maximum Gasteiger partial charge on any atom is 0.155 e. The molecule has 1 heterocycles. The Balaban J connectivity index is 1.61. The van der Waals surface area contributed by atoms with Gasteiger partial charge in [-0.3, -0.25) is 0 Å². The normalized spacial score (nSPS) is 13.6. The smallest absolute Gasteiger partial charge is 0.155 e. The van der Waals surface area contributed by atoms with Crippen molar-refractivity contribution in [1.29, 1.82) is 0 Å². The molecule has 1 aliphatic rings. The molecule has 1 aliphatic heterocycles. The quantitative estimate of drug-likeness (QED) is 0.848. The number of nitrogens with zero attached hydrogens (tertiary/aromatic N) is 1. The van der Waals surface area contributed by atoms with E-state index in [1.807, 2.05) is 42.6 Å². The minimum absolute atomic E-state index is 0.505. The van der Waals surface area contributed by atoms with E-state index in [1.165, 1.54) is 0 Å². The molecule has 2 aromatic rings. The molecular weight excluding hydrogens is 278 g/mol. The van der Waals surface area contributed by atoms with E-state index < -0.39 is 0 Å². The summed E-state index contributed by atoms with van der Waals surface area (Å²) in [5.74, 6) is 2.23. The van der Waals surface area contributed by atoms with Crippen LogP contribution in [0.3, 0.4) is 0 Å². The molecule has 2 aromatic carbocycles. The van der Waals surface area contributed by atoms with Crippen molar-refractivity contribution in [3.63, 3.8) is 0 Å². The van der Waals surface area contributed by atoms with Gasteiger partial charge in [-0.2, -0.15) is 0 Å². The molecule has 0 unspecified atom stereocenters. The lowest BCUT2D eigenvalue weighted by Gasteiger charge is -2.24. The Morgan fingerprint density at radius 3 is 2.05 bits per heavy atom. The SMILES string of the molecule is Nc1ccc(OC2=CC=CN(Oc3ccc(N)cc3)C2)cc1. The highest BCUT2D eigenvalue weighted by atomic mass is 16.7. The first-order valence-electron chi connectivity index (χ1n) is 6.90. The van der Waals surface area contributed by atoms with Crippen LogP contribution in [0.1, 0.15) is 0 Å². The number of nitrogen functional groups attached to an aromatic ring is 2. The molecule has 22 heavy (non-hydrogen) atoms. The van der Waals surface area contributed by atoms with Crippen LogP contribution in [-0.2, 0) is 0 Å². The number of hydrogen-bond donors (Lipinski definition) is 2. The van der Waals surface area contributed by atoms with Gasteiger partial charge in [-0.05, 0) is 60.7 Å². The largest absolute Gasteiger partial charge is 0.460 e. The predicted molar refractivity (Wildman–Crippen MR) is 86.9 cm³/mol. The van der Waals surface area contributed by atoms with Gasteiger partial charge in [0.1, 0.15) is 18.1 Å². The molecule has 0 amide bonds. The van der Waals surface area contributed by atoms with Crippen LogP contribution < -0.4 is 21.0 Å². The van der Waals surface area contributed by atoms with Gasteiger partial charge in [-0.1, -0.05) is 0 Å². The summed E-state index contributed by atoms with van der Waals surface area (Å²) >= 11 is 0. The summed E-state index contributed by atoms with van der Waals surface area (Å²) < 4.78 is 5.81. The van der Waals surface area contributed by atoms with Crippen LogP contribution in [0.2, 0.25) is 0 Å². The van der Waals surface area contributed by atoms with Gasteiger partial charge < -0.3 is 21.0 Å². The Morgan fingerprint density at radius 2 is 1.41 bits per heavy atom.